The summed E-state index contributed by atoms with van der Waals surface area (Å²) >= 11 is 3.99. The van der Waals surface area contributed by atoms with Crippen molar-refractivity contribution in [3.63, 3.8) is 0 Å². The molecule has 9 heavy (non-hydrogen) atoms. The molecule has 0 heterocycles. The van der Waals surface area contributed by atoms with E-state index in [2.05, 4.69) is 23.9 Å². The zero-order valence-corrected chi connectivity index (χ0v) is 6.44. The van der Waals surface area contributed by atoms with Crippen molar-refractivity contribution in [1.82, 2.24) is 0 Å². The third kappa shape index (κ3) is 2.56. The van der Waals surface area contributed by atoms with E-state index in [4.69, 9.17) is 0 Å². The first-order chi connectivity index (χ1) is 4.09. The lowest BCUT2D eigenvalue weighted by atomic mass is 10.2. The molecule has 0 saturated heterocycles. The maximum atomic E-state index is 10.6. The number of carbonyl (C=O) groups excluding carboxylic acids is 1. The predicted molar refractivity (Wildman–Crippen MR) is 39.6 cm³/mol. The SMILES string of the molecule is C=C(C(=O)OC)C(C)S. The van der Waals surface area contributed by atoms with Gasteiger partial charge in [0.25, 0.3) is 0 Å². The molecule has 0 amide bonds. The minimum Gasteiger partial charge on any atom is -0.466 e. The lowest BCUT2D eigenvalue weighted by Crippen LogP contribution is -2.10. The molecule has 0 bridgehead atoms. The van der Waals surface area contributed by atoms with Crippen molar-refractivity contribution in [2.75, 3.05) is 7.11 Å². The second kappa shape index (κ2) is 3.56. The first-order valence-electron chi connectivity index (χ1n) is 2.54. The Balaban J connectivity index is 3.89. The number of rotatable bonds is 2. The molecule has 0 aromatic carbocycles. The minimum absolute atomic E-state index is 0.127. The fourth-order valence-corrected chi connectivity index (χ4v) is 0.407. The Morgan fingerprint density at radius 1 is 1.78 bits per heavy atom. The van der Waals surface area contributed by atoms with Gasteiger partial charge in [-0.05, 0) is 6.92 Å². The van der Waals surface area contributed by atoms with Gasteiger partial charge in [-0.25, -0.2) is 4.79 Å². The summed E-state index contributed by atoms with van der Waals surface area (Å²) in [6, 6.07) is 0. The molecule has 0 saturated carbocycles. The van der Waals surface area contributed by atoms with Gasteiger partial charge in [0.2, 0.25) is 0 Å². The van der Waals surface area contributed by atoms with E-state index in [1.54, 1.807) is 6.92 Å². The summed E-state index contributed by atoms with van der Waals surface area (Å²) in [5.74, 6) is -0.391. The number of carbonyl (C=O) groups is 1. The molecule has 1 atom stereocenters. The van der Waals surface area contributed by atoms with Gasteiger partial charge in [-0.15, -0.1) is 0 Å². The van der Waals surface area contributed by atoms with Gasteiger partial charge in [0, 0.05) is 10.8 Å². The molecule has 0 radical (unpaired) electrons. The van der Waals surface area contributed by atoms with Crippen LogP contribution in [0.5, 0.6) is 0 Å². The Hall–Kier alpha value is -0.440. The van der Waals surface area contributed by atoms with Gasteiger partial charge in [-0.1, -0.05) is 6.58 Å². The highest BCUT2D eigenvalue weighted by atomic mass is 32.1. The van der Waals surface area contributed by atoms with E-state index in [1.165, 1.54) is 7.11 Å². The number of methoxy groups -OCH3 is 1. The quantitative estimate of drug-likeness (QED) is 0.358. The highest BCUT2D eigenvalue weighted by Gasteiger charge is 2.09. The Morgan fingerprint density at radius 3 is 2.33 bits per heavy atom. The van der Waals surface area contributed by atoms with Crippen LogP contribution in [-0.2, 0) is 9.53 Å². The zero-order valence-electron chi connectivity index (χ0n) is 5.55. The first kappa shape index (κ1) is 8.56. The molecule has 0 spiro atoms. The van der Waals surface area contributed by atoms with E-state index >= 15 is 0 Å². The van der Waals surface area contributed by atoms with E-state index in [0.29, 0.717) is 5.57 Å². The van der Waals surface area contributed by atoms with Crippen molar-refractivity contribution >= 4 is 18.6 Å². The van der Waals surface area contributed by atoms with Crippen LogP contribution in [0.3, 0.4) is 0 Å². The summed E-state index contributed by atoms with van der Waals surface area (Å²) in [5.41, 5.74) is 0.390. The van der Waals surface area contributed by atoms with Crippen LogP contribution in [0.1, 0.15) is 6.92 Å². The molecule has 52 valence electrons. The highest BCUT2D eigenvalue weighted by molar-refractivity contribution is 7.81. The van der Waals surface area contributed by atoms with Crippen LogP contribution in [-0.4, -0.2) is 18.3 Å². The van der Waals surface area contributed by atoms with E-state index in [1.807, 2.05) is 0 Å². The van der Waals surface area contributed by atoms with Crippen molar-refractivity contribution in [2.45, 2.75) is 12.2 Å². The smallest absolute Gasteiger partial charge is 0.334 e. The molecule has 0 aliphatic heterocycles. The van der Waals surface area contributed by atoms with Gasteiger partial charge < -0.3 is 4.74 Å². The maximum absolute atomic E-state index is 10.6. The number of ether oxygens (including phenoxy) is 1. The fraction of sp³-hybridized carbons (Fsp3) is 0.500. The fourth-order valence-electron chi connectivity index (χ4n) is 0.302. The van der Waals surface area contributed by atoms with Crippen LogP contribution < -0.4 is 0 Å². The molecule has 0 aromatic heterocycles. The Morgan fingerprint density at radius 2 is 2.22 bits per heavy atom. The van der Waals surface area contributed by atoms with E-state index in [0.717, 1.165) is 0 Å². The average Bonchev–Trinajstić information content (AvgIpc) is 1.84. The van der Waals surface area contributed by atoms with Crippen LogP contribution in [0.25, 0.3) is 0 Å². The number of thiol groups is 1. The van der Waals surface area contributed by atoms with Crippen molar-refractivity contribution in [3.05, 3.63) is 12.2 Å². The standard InChI is InChI=1S/C6H10O2S/c1-4(5(2)9)6(7)8-3/h5,9H,1H2,2-3H3. The summed E-state index contributed by atoms with van der Waals surface area (Å²) in [6.07, 6.45) is 0. The normalized spacial score (nSPS) is 12.3. The minimum atomic E-state index is -0.391. The summed E-state index contributed by atoms with van der Waals surface area (Å²) in [6.45, 7) is 5.24. The van der Waals surface area contributed by atoms with Crippen LogP contribution in [0, 0.1) is 0 Å². The van der Waals surface area contributed by atoms with Gasteiger partial charge in [0.1, 0.15) is 0 Å². The molecule has 0 fully saturated rings. The molecule has 0 N–H and O–H groups in total. The van der Waals surface area contributed by atoms with Crippen molar-refractivity contribution < 1.29 is 9.53 Å². The van der Waals surface area contributed by atoms with Gasteiger partial charge in [-0.3, -0.25) is 0 Å². The molecule has 1 unspecified atom stereocenters. The topological polar surface area (TPSA) is 26.3 Å². The van der Waals surface area contributed by atoms with Crippen LogP contribution in [0.4, 0.5) is 0 Å². The molecule has 0 rings (SSSR count). The molecule has 0 aromatic rings. The van der Waals surface area contributed by atoms with Gasteiger partial charge >= 0.3 is 5.97 Å². The highest BCUT2D eigenvalue weighted by Crippen LogP contribution is 2.06. The second-order valence-corrected chi connectivity index (χ2v) is 2.47. The molecule has 0 aliphatic carbocycles. The third-order valence-corrected chi connectivity index (χ3v) is 1.26. The summed E-state index contributed by atoms with van der Waals surface area (Å²) in [7, 11) is 1.32. The molecule has 0 aliphatic rings. The van der Waals surface area contributed by atoms with E-state index < -0.39 is 5.97 Å². The third-order valence-electron chi connectivity index (χ3n) is 0.952. The predicted octanol–water partition coefficient (Wildman–Crippen LogP) is 1.03. The van der Waals surface area contributed by atoms with Crippen molar-refractivity contribution in [3.8, 4) is 0 Å². The molecule has 2 nitrogen and oxygen atoms in total. The first-order valence-corrected chi connectivity index (χ1v) is 3.06. The summed E-state index contributed by atoms with van der Waals surface area (Å²) in [5, 5.41) is -0.127. The van der Waals surface area contributed by atoms with Gasteiger partial charge in [0.05, 0.1) is 7.11 Å². The summed E-state index contributed by atoms with van der Waals surface area (Å²) < 4.78 is 4.39. The number of hydrogen-bond acceptors (Lipinski definition) is 3. The van der Waals surface area contributed by atoms with E-state index in [9.17, 15) is 4.79 Å². The van der Waals surface area contributed by atoms with E-state index in [-0.39, 0.29) is 5.25 Å². The monoisotopic (exact) mass is 146 g/mol. The van der Waals surface area contributed by atoms with Crippen molar-refractivity contribution in [2.24, 2.45) is 0 Å². The lowest BCUT2D eigenvalue weighted by Gasteiger charge is -2.03. The maximum Gasteiger partial charge on any atom is 0.334 e. The average molecular weight is 146 g/mol. The van der Waals surface area contributed by atoms with Crippen molar-refractivity contribution in [1.29, 1.82) is 0 Å². The second-order valence-electron chi connectivity index (χ2n) is 1.69. The Labute approximate surface area is 60.3 Å². The zero-order chi connectivity index (χ0) is 7.44. The molecule has 3 heteroatoms. The molecular weight excluding hydrogens is 136 g/mol. The number of hydrogen-bond donors (Lipinski definition) is 1. The van der Waals surface area contributed by atoms with Gasteiger partial charge in [0.15, 0.2) is 0 Å². The van der Waals surface area contributed by atoms with Crippen LogP contribution in [0.2, 0.25) is 0 Å². The van der Waals surface area contributed by atoms with Gasteiger partial charge in [-0.2, -0.15) is 12.6 Å². The largest absolute Gasteiger partial charge is 0.466 e. The van der Waals surface area contributed by atoms with Crippen LogP contribution >= 0.6 is 12.6 Å². The molecular formula is C6H10O2S. The lowest BCUT2D eigenvalue weighted by molar-refractivity contribution is -0.136. The Kier molecular flexibility index (Phi) is 3.39. The summed E-state index contributed by atoms with van der Waals surface area (Å²) in [4.78, 5) is 10.6. The Bertz CT molecular complexity index is 129. The number of esters is 1. The van der Waals surface area contributed by atoms with Crippen LogP contribution in [0.15, 0.2) is 12.2 Å².